The molecule has 0 bridgehead atoms. The summed E-state index contributed by atoms with van der Waals surface area (Å²) in [6.45, 7) is 0. The van der Waals surface area contributed by atoms with Gasteiger partial charge in [-0.05, 0) is 37.0 Å². The summed E-state index contributed by atoms with van der Waals surface area (Å²) in [5, 5.41) is 12.4. The summed E-state index contributed by atoms with van der Waals surface area (Å²) in [4.78, 5) is 55.3. The number of nitrogens with zero attached hydrogens (tertiary/aromatic N) is 4. The summed E-state index contributed by atoms with van der Waals surface area (Å²) in [7, 11) is 3.81. The molecule has 10 nitrogen and oxygen atoms in total. The standard InChI is InChI=1S/C29H24Cl3F3N4O6/c1-37-25(43)27(31)11-16-13(21(28(27,32)26(37)44)14-5-4-12(45-3)10-18(14)40)6-7-15-20(16)24(42)39(23(15)41)38(2)22-17(30)8-9-19(36-22)29(33,34)35/h4-6,8-10,15-16,20-21,40H,7,11H2,1-3H3. The Morgan fingerprint density at radius 2 is 1.76 bits per heavy atom. The lowest BCUT2D eigenvalue weighted by Gasteiger charge is -2.50. The number of pyridine rings is 1. The normalized spacial score (nSPS) is 31.1. The van der Waals surface area contributed by atoms with E-state index in [-0.39, 0.29) is 29.2 Å². The van der Waals surface area contributed by atoms with E-state index in [1.807, 2.05) is 0 Å². The zero-order chi connectivity index (χ0) is 33.0. The van der Waals surface area contributed by atoms with Gasteiger partial charge in [0.05, 0.1) is 24.0 Å². The van der Waals surface area contributed by atoms with Gasteiger partial charge >= 0.3 is 6.18 Å². The Balaban J connectivity index is 1.46. The van der Waals surface area contributed by atoms with Crippen LogP contribution in [0.5, 0.6) is 11.5 Å². The van der Waals surface area contributed by atoms with Crippen molar-refractivity contribution in [3.05, 3.63) is 58.3 Å². The van der Waals surface area contributed by atoms with E-state index in [2.05, 4.69) is 4.98 Å². The highest BCUT2D eigenvalue weighted by Crippen LogP contribution is 2.66. The lowest BCUT2D eigenvalue weighted by Crippen LogP contribution is -2.60. The summed E-state index contributed by atoms with van der Waals surface area (Å²) in [5.74, 6) is -7.88. The quantitative estimate of drug-likeness (QED) is 0.284. The van der Waals surface area contributed by atoms with Crippen LogP contribution in [0.1, 0.15) is 30.0 Å². The molecule has 1 aromatic heterocycles. The molecule has 0 spiro atoms. The molecule has 6 rings (SSSR count). The highest BCUT2D eigenvalue weighted by atomic mass is 35.5. The van der Waals surface area contributed by atoms with Gasteiger partial charge in [0.25, 0.3) is 23.6 Å². The van der Waals surface area contributed by atoms with Gasteiger partial charge in [0.1, 0.15) is 17.2 Å². The number of carbonyl (C=O) groups is 4. The lowest BCUT2D eigenvalue weighted by molar-refractivity contribution is -0.141. The van der Waals surface area contributed by atoms with E-state index < -0.39 is 74.7 Å². The number of ether oxygens (including phenoxy) is 1. The number of aromatic nitrogens is 1. The van der Waals surface area contributed by atoms with Crippen LogP contribution in [-0.4, -0.2) is 74.6 Å². The molecule has 4 amide bonds. The number of hydrogen-bond donors (Lipinski definition) is 1. The number of fused-ring (bicyclic) bond motifs is 4. The van der Waals surface area contributed by atoms with Crippen LogP contribution in [-0.2, 0) is 25.4 Å². The van der Waals surface area contributed by atoms with Gasteiger partial charge in [-0.1, -0.05) is 29.3 Å². The van der Waals surface area contributed by atoms with Crippen LogP contribution in [0.2, 0.25) is 5.02 Å². The molecule has 1 aromatic carbocycles. The zero-order valence-corrected chi connectivity index (χ0v) is 26.0. The third-order valence-corrected chi connectivity index (χ3v) is 11.0. The van der Waals surface area contributed by atoms with Crippen molar-refractivity contribution in [3.63, 3.8) is 0 Å². The number of allylic oxidation sites excluding steroid dienone is 2. The van der Waals surface area contributed by atoms with Crippen LogP contribution in [0.4, 0.5) is 19.0 Å². The van der Waals surface area contributed by atoms with Crippen molar-refractivity contribution < 1.29 is 42.2 Å². The topological polar surface area (TPSA) is 120 Å². The summed E-state index contributed by atoms with van der Waals surface area (Å²) < 4.78 is 45.5. The molecule has 2 aliphatic carbocycles. The third kappa shape index (κ3) is 4.19. The first-order valence-electron chi connectivity index (χ1n) is 13.6. The lowest BCUT2D eigenvalue weighted by atomic mass is 9.56. The molecule has 2 saturated heterocycles. The molecule has 1 saturated carbocycles. The molecule has 4 aliphatic rings. The first kappa shape index (κ1) is 31.4. The fraction of sp³-hybridized carbons (Fsp3) is 0.414. The number of benzene rings is 1. The molecule has 1 N–H and O–H groups in total. The van der Waals surface area contributed by atoms with Crippen LogP contribution < -0.4 is 9.75 Å². The number of methoxy groups -OCH3 is 1. The number of imide groups is 2. The van der Waals surface area contributed by atoms with Gasteiger partial charge in [-0.3, -0.25) is 29.1 Å². The first-order valence-corrected chi connectivity index (χ1v) is 14.7. The van der Waals surface area contributed by atoms with Crippen LogP contribution in [0.15, 0.2) is 42.0 Å². The van der Waals surface area contributed by atoms with Crippen LogP contribution in [0.25, 0.3) is 0 Å². The predicted molar refractivity (Wildman–Crippen MR) is 155 cm³/mol. The Kier molecular flexibility index (Phi) is 7.15. The molecule has 45 heavy (non-hydrogen) atoms. The fourth-order valence-corrected chi connectivity index (χ4v) is 8.41. The number of hydrogen-bond acceptors (Lipinski definition) is 8. The largest absolute Gasteiger partial charge is 0.508 e. The minimum Gasteiger partial charge on any atom is -0.508 e. The number of carbonyl (C=O) groups excluding carboxylic acids is 4. The van der Waals surface area contributed by atoms with Crippen molar-refractivity contribution in [2.45, 2.75) is 34.7 Å². The molecule has 2 aromatic rings. The zero-order valence-electron chi connectivity index (χ0n) is 23.7. The first-order chi connectivity index (χ1) is 21.0. The SMILES string of the molecule is COc1ccc(C2C3=CCC4C(=O)N(N(C)c5nc(C(F)(F)F)ccc5Cl)C(=O)C4C3CC3(Cl)C(=O)N(C)C(=O)C23Cl)c(O)c1. The van der Waals surface area contributed by atoms with Gasteiger partial charge in [0.2, 0.25) is 0 Å². The van der Waals surface area contributed by atoms with Gasteiger partial charge in [-0.2, -0.15) is 18.2 Å². The number of anilines is 1. The number of likely N-dealkylation sites (tertiary alicyclic amines) is 1. The Labute approximate surface area is 269 Å². The summed E-state index contributed by atoms with van der Waals surface area (Å²) in [5.41, 5.74) is -0.715. The smallest absolute Gasteiger partial charge is 0.433 e. The minimum atomic E-state index is -4.82. The summed E-state index contributed by atoms with van der Waals surface area (Å²) in [6.07, 6.45) is -3.49. The molecule has 16 heteroatoms. The second kappa shape index (κ2) is 10.2. The number of rotatable bonds is 4. The van der Waals surface area contributed by atoms with Crippen LogP contribution >= 0.6 is 34.8 Å². The number of alkyl halides is 5. The fourth-order valence-electron chi connectivity index (χ4n) is 7.17. The van der Waals surface area contributed by atoms with E-state index in [4.69, 9.17) is 39.5 Å². The Morgan fingerprint density at radius 1 is 1.07 bits per heavy atom. The number of halogens is 6. The van der Waals surface area contributed by atoms with Gasteiger partial charge < -0.3 is 9.84 Å². The maximum atomic E-state index is 14.1. The van der Waals surface area contributed by atoms with Gasteiger partial charge in [0, 0.05) is 31.6 Å². The monoisotopic (exact) mass is 686 g/mol. The number of aromatic hydroxyl groups is 1. The van der Waals surface area contributed by atoms with Gasteiger partial charge in [-0.25, -0.2) is 4.98 Å². The molecule has 238 valence electrons. The van der Waals surface area contributed by atoms with E-state index >= 15 is 0 Å². The van der Waals surface area contributed by atoms with E-state index in [0.717, 1.165) is 16.0 Å². The highest BCUT2D eigenvalue weighted by Gasteiger charge is 2.76. The van der Waals surface area contributed by atoms with E-state index in [1.54, 1.807) is 6.08 Å². The van der Waals surface area contributed by atoms with Crippen molar-refractivity contribution >= 4 is 64.2 Å². The van der Waals surface area contributed by atoms with Crippen molar-refractivity contribution in [1.29, 1.82) is 0 Å². The number of hydrazine groups is 1. The van der Waals surface area contributed by atoms with E-state index in [1.165, 1.54) is 39.4 Å². The van der Waals surface area contributed by atoms with Gasteiger partial charge in [0.15, 0.2) is 15.6 Å². The van der Waals surface area contributed by atoms with Crippen molar-refractivity contribution in [3.8, 4) is 11.5 Å². The molecular formula is C29H24Cl3F3N4O6. The van der Waals surface area contributed by atoms with Crippen molar-refractivity contribution in [1.82, 2.24) is 14.9 Å². The Hall–Kier alpha value is -3.55. The van der Waals surface area contributed by atoms with E-state index in [0.29, 0.717) is 22.4 Å². The number of amides is 4. The number of phenols is 1. The second-order valence-corrected chi connectivity index (χ2v) is 13.1. The van der Waals surface area contributed by atoms with Crippen LogP contribution in [0, 0.1) is 17.8 Å². The second-order valence-electron chi connectivity index (χ2n) is 11.4. The summed E-state index contributed by atoms with van der Waals surface area (Å²) in [6, 6.07) is 5.95. The van der Waals surface area contributed by atoms with Crippen molar-refractivity contribution in [2.24, 2.45) is 17.8 Å². The third-order valence-electron chi connectivity index (χ3n) is 9.26. The predicted octanol–water partition coefficient (Wildman–Crippen LogP) is 4.51. The maximum absolute atomic E-state index is 14.1. The van der Waals surface area contributed by atoms with E-state index in [9.17, 15) is 37.5 Å². The molecular weight excluding hydrogens is 664 g/mol. The minimum absolute atomic E-state index is 0.0111. The highest BCUT2D eigenvalue weighted by molar-refractivity contribution is 6.53. The van der Waals surface area contributed by atoms with Crippen molar-refractivity contribution in [2.75, 3.05) is 26.2 Å². The number of phenolic OH excluding ortho intramolecular Hbond substituents is 1. The Bertz CT molecular complexity index is 1720. The molecule has 3 heterocycles. The summed E-state index contributed by atoms with van der Waals surface area (Å²) >= 11 is 20.4. The average molecular weight is 688 g/mol. The molecule has 3 fully saturated rings. The molecule has 6 atom stereocenters. The molecule has 0 radical (unpaired) electrons. The molecule has 6 unspecified atom stereocenters. The van der Waals surface area contributed by atoms with Crippen LogP contribution in [0.3, 0.4) is 0 Å². The average Bonchev–Trinajstić information content (AvgIpc) is 3.31. The maximum Gasteiger partial charge on any atom is 0.433 e. The Morgan fingerprint density at radius 3 is 2.38 bits per heavy atom. The molecule has 2 aliphatic heterocycles. The van der Waals surface area contributed by atoms with Gasteiger partial charge in [-0.15, -0.1) is 23.2 Å².